The van der Waals surface area contributed by atoms with Gasteiger partial charge in [-0.25, -0.2) is 4.98 Å². The van der Waals surface area contributed by atoms with Crippen LogP contribution in [0.15, 0.2) is 10.8 Å². The molecule has 0 spiro atoms. The standard InChI is InChI=1S/C10H13N3O2/c1-6-9(15-5-11-6)10(14)13-3-7-2-8(4-13)12-7/h5,7-8,12H,2-4H2,1H3. The van der Waals surface area contributed by atoms with Crippen LogP contribution < -0.4 is 5.32 Å². The van der Waals surface area contributed by atoms with Gasteiger partial charge in [0.1, 0.15) is 0 Å². The Balaban J connectivity index is 1.78. The minimum Gasteiger partial charge on any atom is -0.438 e. The van der Waals surface area contributed by atoms with Crippen LogP contribution in [0.4, 0.5) is 0 Å². The molecule has 4 rings (SSSR count). The number of fused-ring (bicyclic) bond motifs is 2. The second-order valence-corrected chi connectivity index (χ2v) is 4.27. The summed E-state index contributed by atoms with van der Waals surface area (Å²) in [6, 6.07) is 0.965. The van der Waals surface area contributed by atoms with E-state index in [4.69, 9.17) is 4.42 Å². The molecule has 0 aliphatic carbocycles. The zero-order valence-electron chi connectivity index (χ0n) is 8.56. The lowest BCUT2D eigenvalue weighted by Gasteiger charge is -2.48. The van der Waals surface area contributed by atoms with E-state index in [-0.39, 0.29) is 5.91 Å². The molecule has 15 heavy (non-hydrogen) atoms. The molecule has 5 nitrogen and oxygen atoms in total. The number of carbonyl (C=O) groups is 1. The van der Waals surface area contributed by atoms with Gasteiger partial charge in [0, 0.05) is 25.2 Å². The number of nitrogens with zero attached hydrogens (tertiary/aromatic N) is 2. The summed E-state index contributed by atoms with van der Waals surface area (Å²) in [6.07, 6.45) is 2.52. The predicted octanol–water partition coefficient (Wildman–Crippen LogP) is 0.169. The van der Waals surface area contributed by atoms with Crippen LogP contribution in [0.25, 0.3) is 0 Å². The number of carbonyl (C=O) groups excluding carboxylic acids is 1. The number of piperazine rings is 1. The summed E-state index contributed by atoms with van der Waals surface area (Å²) in [5.41, 5.74) is 0.673. The van der Waals surface area contributed by atoms with Crippen molar-refractivity contribution in [2.24, 2.45) is 0 Å². The highest BCUT2D eigenvalue weighted by molar-refractivity contribution is 5.92. The molecule has 3 aliphatic heterocycles. The Bertz CT molecular complexity index is 385. The summed E-state index contributed by atoms with van der Waals surface area (Å²) in [5.74, 6) is 0.359. The average Bonchev–Trinajstić information content (AvgIpc) is 2.62. The van der Waals surface area contributed by atoms with Crippen LogP contribution in [0, 0.1) is 6.92 Å². The third kappa shape index (κ3) is 1.34. The van der Waals surface area contributed by atoms with Gasteiger partial charge in [0.25, 0.3) is 5.91 Å². The Morgan fingerprint density at radius 2 is 2.27 bits per heavy atom. The lowest BCUT2D eigenvalue weighted by atomic mass is 9.91. The second kappa shape index (κ2) is 3.06. The third-order valence-corrected chi connectivity index (χ3v) is 3.15. The molecule has 1 N–H and O–H groups in total. The Morgan fingerprint density at radius 1 is 1.60 bits per heavy atom. The van der Waals surface area contributed by atoms with Crippen molar-refractivity contribution < 1.29 is 9.21 Å². The summed E-state index contributed by atoms with van der Waals surface area (Å²) in [6.45, 7) is 3.37. The highest BCUT2D eigenvalue weighted by Gasteiger charge is 2.39. The predicted molar refractivity (Wildman–Crippen MR) is 52.5 cm³/mol. The van der Waals surface area contributed by atoms with Gasteiger partial charge >= 0.3 is 0 Å². The Morgan fingerprint density at radius 3 is 2.80 bits per heavy atom. The Kier molecular flexibility index (Phi) is 1.82. The van der Waals surface area contributed by atoms with Crippen molar-refractivity contribution in [1.82, 2.24) is 15.2 Å². The van der Waals surface area contributed by atoms with Gasteiger partial charge in [-0.3, -0.25) is 4.79 Å². The fourth-order valence-corrected chi connectivity index (χ4v) is 2.33. The van der Waals surface area contributed by atoms with Crippen LogP contribution in [0.5, 0.6) is 0 Å². The molecule has 0 aromatic carbocycles. The van der Waals surface area contributed by atoms with Crippen LogP contribution in [-0.4, -0.2) is 41.0 Å². The number of nitrogens with one attached hydrogen (secondary N) is 1. The van der Waals surface area contributed by atoms with Crippen LogP contribution >= 0.6 is 0 Å². The average molecular weight is 207 g/mol. The lowest BCUT2D eigenvalue weighted by molar-refractivity contribution is 0.0444. The first-order valence-corrected chi connectivity index (χ1v) is 5.19. The summed E-state index contributed by atoms with van der Waals surface area (Å²) >= 11 is 0. The maximum Gasteiger partial charge on any atom is 0.291 e. The van der Waals surface area contributed by atoms with Gasteiger partial charge in [-0.05, 0) is 13.3 Å². The van der Waals surface area contributed by atoms with Crippen LogP contribution in [0.1, 0.15) is 22.7 Å². The van der Waals surface area contributed by atoms with Gasteiger partial charge in [-0.1, -0.05) is 0 Å². The molecule has 5 heteroatoms. The van der Waals surface area contributed by atoms with E-state index in [2.05, 4.69) is 10.3 Å². The Labute approximate surface area is 87.5 Å². The SMILES string of the molecule is Cc1ncoc1C(=O)N1CC2CC(C1)N2. The van der Waals surface area contributed by atoms with Crippen molar-refractivity contribution in [3.8, 4) is 0 Å². The number of hydrogen-bond acceptors (Lipinski definition) is 4. The van der Waals surface area contributed by atoms with Crippen molar-refractivity contribution in [3.05, 3.63) is 17.8 Å². The highest BCUT2D eigenvalue weighted by Crippen LogP contribution is 2.22. The van der Waals surface area contributed by atoms with Crippen LogP contribution in [0.3, 0.4) is 0 Å². The van der Waals surface area contributed by atoms with E-state index in [0.717, 1.165) is 13.1 Å². The fourth-order valence-electron chi connectivity index (χ4n) is 2.33. The van der Waals surface area contributed by atoms with Crippen molar-refractivity contribution >= 4 is 5.91 Å². The number of rotatable bonds is 1. The van der Waals surface area contributed by atoms with Crippen molar-refractivity contribution in [2.45, 2.75) is 25.4 Å². The molecule has 1 amide bonds. The molecule has 2 bridgehead atoms. The molecule has 1 aromatic rings. The van der Waals surface area contributed by atoms with E-state index >= 15 is 0 Å². The molecule has 4 heterocycles. The van der Waals surface area contributed by atoms with E-state index in [0.29, 0.717) is 23.5 Å². The number of hydrogen-bond donors (Lipinski definition) is 1. The smallest absolute Gasteiger partial charge is 0.291 e. The maximum atomic E-state index is 12.0. The highest BCUT2D eigenvalue weighted by atomic mass is 16.3. The third-order valence-electron chi connectivity index (χ3n) is 3.15. The number of aryl methyl sites for hydroxylation is 1. The van der Waals surface area contributed by atoms with E-state index in [1.54, 1.807) is 6.92 Å². The topological polar surface area (TPSA) is 58.4 Å². The summed E-state index contributed by atoms with van der Waals surface area (Å²) in [4.78, 5) is 17.8. The zero-order chi connectivity index (χ0) is 10.4. The van der Waals surface area contributed by atoms with Gasteiger partial charge in [-0.2, -0.15) is 0 Å². The largest absolute Gasteiger partial charge is 0.438 e. The van der Waals surface area contributed by atoms with Gasteiger partial charge in [0.05, 0.1) is 5.69 Å². The van der Waals surface area contributed by atoms with E-state index in [9.17, 15) is 4.79 Å². The van der Waals surface area contributed by atoms with Crippen molar-refractivity contribution in [3.63, 3.8) is 0 Å². The first-order valence-electron chi connectivity index (χ1n) is 5.19. The van der Waals surface area contributed by atoms with Gasteiger partial charge in [-0.15, -0.1) is 0 Å². The Hall–Kier alpha value is -1.36. The van der Waals surface area contributed by atoms with Crippen molar-refractivity contribution in [2.75, 3.05) is 13.1 Å². The molecule has 80 valence electrons. The number of aromatic nitrogens is 1. The summed E-state index contributed by atoms with van der Waals surface area (Å²) in [5, 5.41) is 3.38. The quantitative estimate of drug-likeness (QED) is 0.713. The first kappa shape index (κ1) is 8.91. The number of oxazole rings is 1. The van der Waals surface area contributed by atoms with Gasteiger partial charge < -0.3 is 14.6 Å². The molecular weight excluding hydrogens is 194 g/mol. The molecule has 3 aliphatic rings. The van der Waals surface area contributed by atoms with Gasteiger partial charge in [0.15, 0.2) is 6.39 Å². The van der Waals surface area contributed by atoms with E-state index in [1.165, 1.54) is 12.8 Å². The zero-order valence-corrected chi connectivity index (χ0v) is 8.56. The van der Waals surface area contributed by atoms with E-state index in [1.807, 2.05) is 4.90 Å². The normalized spacial score (nSPS) is 28.7. The van der Waals surface area contributed by atoms with Crippen molar-refractivity contribution in [1.29, 1.82) is 0 Å². The molecule has 3 fully saturated rings. The summed E-state index contributed by atoms with van der Waals surface area (Å²) < 4.78 is 5.11. The molecule has 0 saturated carbocycles. The summed E-state index contributed by atoms with van der Waals surface area (Å²) in [7, 11) is 0. The molecule has 3 saturated heterocycles. The molecule has 2 atom stereocenters. The minimum absolute atomic E-state index is 0.0267. The number of amides is 1. The number of piperidine rings is 1. The van der Waals surface area contributed by atoms with Crippen LogP contribution in [0.2, 0.25) is 0 Å². The monoisotopic (exact) mass is 207 g/mol. The maximum absolute atomic E-state index is 12.0. The van der Waals surface area contributed by atoms with E-state index < -0.39 is 0 Å². The van der Waals surface area contributed by atoms with Crippen LogP contribution in [-0.2, 0) is 0 Å². The van der Waals surface area contributed by atoms with Gasteiger partial charge in [0.2, 0.25) is 5.76 Å². The molecule has 0 radical (unpaired) electrons. The lowest BCUT2D eigenvalue weighted by Crippen LogP contribution is -2.67. The molecular formula is C10H13N3O2. The fraction of sp³-hybridized carbons (Fsp3) is 0.600. The molecule has 2 unspecified atom stereocenters. The minimum atomic E-state index is -0.0267. The first-order chi connectivity index (χ1) is 7.24. The second-order valence-electron chi connectivity index (χ2n) is 4.27. The molecule has 1 aromatic heterocycles.